The Balaban J connectivity index is 2.13. The summed E-state index contributed by atoms with van der Waals surface area (Å²) >= 11 is 0. The zero-order valence-electron chi connectivity index (χ0n) is 18.1. The second-order valence-electron chi connectivity index (χ2n) is 7.39. The summed E-state index contributed by atoms with van der Waals surface area (Å²) in [5.41, 5.74) is 2.26. The van der Waals surface area contributed by atoms with E-state index in [1.807, 2.05) is 6.92 Å². The molecule has 1 fully saturated rings. The van der Waals surface area contributed by atoms with Gasteiger partial charge in [-0.05, 0) is 6.42 Å². The van der Waals surface area contributed by atoms with Gasteiger partial charge in [-0.3, -0.25) is 30.4 Å². The minimum Gasteiger partial charge on any atom is -0.378 e. The first kappa shape index (κ1) is 26.3. The Morgan fingerprint density at radius 2 is 2.03 bits per heavy atom. The van der Waals surface area contributed by atoms with E-state index < -0.39 is 41.1 Å². The van der Waals surface area contributed by atoms with E-state index in [1.165, 1.54) is 4.90 Å². The fourth-order valence-corrected chi connectivity index (χ4v) is 3.19. The van der Waals surface area contributed by atoms with Crippen LogP contribution in [0, 0.1) is 5.92 Å². The van der Waals surface area contributed by atoms with Crippen molar-refractivity contribution >= 4 is 24.2 Å². The Bertz CT molecular complexity index is 820. The molecule has 3 amide bonds. The molecule has 1 aromatic rings. The van der Waals surface area contributed by atoms with Crippen LogP contribution >= 0.6 is 0 Å². The number of halogens is 3. The number of carbonyl (C=O) groups excluding carboxylic acids is 3. The standard InChI is InChI=1S/C19H27F3N6O5/c1-2-3-4-5-13(11-28(32)12-29)16(30)25-26-18-23-10-14(15(24-18)19(20,21)22)17(31)27-6-8-33-9-7-27/h10,12-13,32H,2-9,11H2,1H3,(H,25,30)(H,23,24,26)/t13-/m0/s1. The summed E-state index contributed by atoms with van der Waals surface area (Å²) in [5, 5.41) is 9.73. The van der Waals surface area contributed by atoms with Crippen molar-refractivity contribution in [1.82, 2.24) is 25.4 Å². The van der Waals surface area contributed by atoms with E-state index in [2.05, 4.69) is 20.8 Å². The van der Waals surface area contributed by atoms with Gasteiger partial charge in [0.15, 0.2) is 5.69 Å². The fraction of sp³-hybridized carbons (Fsp3) is 0.632. The summed E-state index contributed by atoms with van der Waals surface area (Å²) in [6.45, 7) is 2.40. The topological polar surface area (TPSA) is 137 Å². The van der Waals surface area contributed by atoms with E-state index in [9.17, 15) is 32.8 Å². The number of nitrogens with one attached hydrogen (secondary N) is 2. The molecule has 11 nitrogen and oxygen atoms in total. The monoisotopic (exact) mass is 476 g/mol. The highest BCUT2D eigenvalue weighted by molar-refractivity contribution is 5.95. The minimum absolute atomic E-state index is 0.147. The smallest absolute Gasteiger partial charge is 0.378 e. The average Bonchev–Trinajstić information content (AvgIpc) is 2.81. The van der Waals surface area contributed by atoms with E-state index in [-0.39, 0.29) is 39.3 Å². The number of nitrogens with zero attached hydrogens (tertiary/aromatic N) is 4. The lowest BCUT2D eigenvalue weighted by molar-refractivity contribution is -0.154. The van der Waals surface area contributed by atoms with Gasteiger partial charge in [-0.25, -0.2) is 15.0 Å². The molecule has 0 spiro atoms. The molecule has 0 aliphatic carbocycles. The molecular weight excluding hydrogens is 449 g/mol. The molecule has 0 aromatic carbocycles. The number of anilines is 1. The molecule has 1 saturated heterocycles. The van der Waals surface area contributed by atoms with Crippen LogP contribution in [0.25, 0.3) is 0 Å². The summed E-state index contributed by atoms with van der Waals surface area (Å²) in [6, 6.07) is 0. The molecule has 1 aliphatic rings. The third-order valence-electron chi connectivity index (χ3n) is 4.94. The molecule has 1 aliphatic heterocycles. The van der Waals surface area contributed by atoms with Crippen molar-refractivity contribution in [3.63, 3.8) is 0 Å². The number of aromatic nitrogens is 2. The molecule has 0 saturated carbocycles. The van der Waals surface area contributed by atoms with Gasteiger partial charge in [-0.2, -0.15) is 13.2 Å². The van der Waals surface area contributed by atoms with Crippen molar-refractivity contribution in [3.05, 3.63) is 17.5 Å². The number of hydrogen-bond acceptors (Lipinski definition) is 8. The highest BCUT2D eigenvalue weighted by Gasteiger charge is 2.39. The number of alkyl halides is 3. The van der Waals surface area contributed by atoms with Gasteiger partial charge in [0.05, 0.1) is 31.2 Å². The van der Waals surface area contributed by atoms with Crippen LogP contribution < -0.4 is 10.9 Å². The number of hydrazine groups is 1. The Labute approximate surface area is 188 Å². The maximum absolute atomic E-state index is 13.6. The summed E-state index contributed by atoms with van der Waals surface area (Å²) in [7, 11) is 0. The molecule has 14 heteroatoms. The summed E-state index contributed by atoms with van der Waals surface area (Å²) in [5.74, 6) is -2.92. The van der Waals surface area contributed by atoms with Gasteiger partial charge in [0.1, 0.15) is 0 Å². The number of unbranched alkanes of at least 4 members (excludes halogenated alkanes) is 2. The van der Waals surface area contributed by atoms with Gasteiger partial charge in [0.25, 0.3) is 5.91 Å². The first-order chi connectivity index (χ1) is 15.7. The molecule has 2 heterocycles. The quantitative estimate of drug-likeness (QED) is 0.189. The largest absolute Gasteiger partial charge is 0.434 e. The highest BCUT2D eigenvalue weighted by atomic mass is 19.4. The predicted octanol–water partition coefficient (Wildman–Crippen LogP) is 1.45. The van der Waals surface area contributed by atoms with Crippen molar-refractivity contribution < 1.29 is 37.5 Å². The van der Waals surface area contributed by atoms with Crippen LogP contribution in [-0.2, 0) is 20.5 Å². The van der Waals surface area contributed by atoms with Gasteiger partial charge in [-0.1, -0.05) is 26.2 Å². The number of hydrogen-bond donors (Lipinski definition) is 3. The Kier molecular flexibility index (Phi) is 9.78. The third kappa shape index (κ3) is 7.82. The molecule has 2 rings (SSSR count). The van der Waals surface area contributed by atoms with Crippen LogP contribution in [0.1, 0.15) is 48.7 Å². The Morgan fingerprint density at radius 3 is 2.64 bits per heavy atom. The number of hydroxylamine groups is 2. The number of ether oxygens (including phenoxy) is 1. The van der Waals surface area contributed by atoms with Crippen molar-refractivity contribution in [3.8, 4) is 0 Å². The average molecular weight is 476 g/mol. The van der Waals surface area contributed by atoms with Gasteiger partial charge in [0, 0.05) is 19.3 Å². The first-order valence-corrected chi connectivity index (χ1v) is 10.4. The highest BCUT2D eigenvalue weighted by Crippen LogP contribution is 2.31. The molecule has 0 unspecified atom stereocenters. The molecule has 0 bridgehead atoms. The number of amides is 3. The molecule has 3 N–H and O–H groups in total. The predicted molar refractivity (Wildman–Crippen MR) is 108 cm³/mol. The summed E-state index contributed by atoms with van der Waals surface area (Å²) < 4.78 is 45.8. The van der Waals surface area contributed by atoms with E-state index in [0.29, 0.717) is 17.9 Å². The van der Waals surface area contributed by atoms with E-state index in [1.54, 1.807) is 0 Å². The number of carbonyl (C=O) groups is 3. The fourth-order valence-electron chi connectivity index (χ4n) is 3.19. The Morgan fingerprint density at radius 1 is 1.33 bits per heavy atom. The van der Waals surface area contributed by atoms with Crippen LogP contribution in [0.3, 0.4) is 0 Å². The van der Waals surface area contributed by atoms with Crippen molar-refractivity contribution in [2.45, 2.75) is 38.8 Å². The van der Waals surface area contributed by atoms with Crippen LogP contribution in [0.2, 0.25) is 0 Å². The lowest BCUT2D eigenvalue weighted by Crippen LogP contribution is -2.42. The van der Waals surface area contributed by atoms with Crippen molar-refractivity contribution in [2.75, 3.05) is 38.3 Å². The van der Waals surface area contributed by atoms with Crippen LogP contribution in [0.4, 0.5) is 19.1 Å². The molecule has 184 valence electrons. The second kappa shape index (κ2) is 12.3. The van der Waals surface area contributed by atoms with Crippen molar-refractivity contribution in [2.24, 2.45) is 5.92 Å². The Hall–Kier alpha value is -3.00. The van der Waals surface area contributed by atoms with E-state index in [0.717, 1.165) is 19.0 Å². The summed E-state index contributed by atoms with van der Waals surface area (Å²) in [6.07, 6.45) is -1.35. The van der Waals surface area contributed by atoms with E-state index in [4.69, 9.17) is 4.74 Å². The number of rotatable bonds is 11. The van der Waals surface area contributed by atoms with Gasteiger partial charge >= 0.3 is 6.18 Å². The van der Waals surface area contributed by atoms with Gasteiger partial charge in [-0.15, -0.1) is 0 Å². The molecular formula is C19H27F3N6O5. The van der Waals surface area contributed by atoms with Crippen LogP contribution in [-0.4, -0.2) is 76.2 Å². The molecule has 1 atom stereocenters. The normalized spacial score (nSPS) is 15.0. The minimum atomic E-state index is -4.94. The SMILES string of the molecule is CCCCC[C@@H](CN(O)C=O)C(=O)NNc1ncc(C(=O)N2CCOCC2)c(C(F)(F)F)n1. The van der Waals surface area contributed by atoms with Gasteiger partial charge < -0.3 is 9.64 Å². The third-order valence-corrected chi connectivity index (χ3v) is 4.94. The van der Waals surface area contributed by atoms with Crippen LogP contribution in [0.15, 0.2) is 6.20 Å². The zero-order valence-corrected chi connectivity index (χ0v) is 18.1. The second-order valence-corrected chi connectivity index (χ2v) is 7.39. The molecule has 0 radical (unpaired) electrons. The zero-order chi connectivity index (χ0) is 24.4. The first-order valence-electron chi connectivity index (χ1n) is 10.4. The van der Waals surface area contributed by atoms with Crippen molar-refractivity contribution in [1.29, 1.82) is 0 Å². The maximum atomic E-state index is 13.6. The van der Waals surface area contributed by atoms with Gasteiger partial charge in [0.2, 0.25) is 18.3 Å². The van der Waals surface area contributed by atoms with E-state index >= 15 is 0 Å². The maximum Gasteiger partial charge on any atom is 0.434 e. The number of morpholine rings is 1. The lowest BCUT2D eigenvalue weighted by Gasteiger charge is -2.27. The van der Waals surface area contributed by atoms with Crippen LogP contribution in [0.5, 0.6) is 0 Å². The molecule has 33 heavy (non-hydrogen) atoms. The lowest BCUT2D eigenvalue weighted by atomic mass is 10.0. The summed E-state index contributed by atoms with van der Waals surface area (Å²) in [4.78, 5) is 44.0. The molecule has 1 aromatic heterocycles.